The number of hydrogen-bond donors (Lipinski definition) is 0. The molecule has 0 radical (unpaired) electrons. The molecule has 0 saturated heterocycles. The normalized spacial score (nSPS) is 17.0. The third-order valence-electron chi connectivity index (χ3n) is 11.9. The van der Waals surface area contributed by atoms with E-state index in [2.05, 4.69) is 202 Å². The molecule has 7 aromatic carbocycles. The van der Waals surface area contributed by atoms with Crippen LogP contribution in [0.15, 0.2) is 192 Å². The van der Waals surface area contributed by atoms with Crippen LogP contribution in [0.5, 0.6) is 0 Å². The summed E-state index contributed by atoms with van der Waals surface area (Å²) < 4.78 is 6.50. The summed E-state index contributed by atoms with van der Waals surface area (Å²) in [5.41, 5.74) is 16.7. The third-order valence-corrected chi connectivity index (χ3v) is 11.9. The van der Waals surface area contributed by atoms with Crippen molar-refractivity contribution in [1.82, 2.24) is 0 Å². The van der Waals surface area contributed by atoms with E-state index in [1.165, 1.54) is 55.5 Å². The molecule has 0 bridgehead atoms. The monoisotopic (exact) mass is 695 g/mol. The topological polar surface area (TPSA) is 16.4 Å². The first-order chi connectivity index (χ1) is 26.4. The fourth-order valence-electron chi connectivity index (χ4n) is 8.85. The summed E-state index contributed by atoms with van der Waals surface area (Å²) in [5.74, 6) is 0. The molecule has 0 aliphatic heterocycles. The van der Waals surface area contributed by atoms with E-state index < -0.39 is 0 Å². The molecule has 0 spiro atoms. The van der Waals surface area contributed by atoms with Crippen molar-refractivity contribution in [1.29, 1.82) is 0 Å². The number of furan rings is 1. The lowest BCUT2D eigenvalue weighted by atomic mass is 9.76. The van der Waals surface area contributed by atoms with Crippen LogP contribution in [-0.2, 0) is 10.8 Å². The molecular weight excluding hydrogens is 655 g/mol. The number of fused-ring (bicyclic) bond motifs is 6. The third kappa shape index (κ3) is 5.16. The summed E-state index contributed by atoms with van der Waals surface area (Å²) in [5, 5.41) is 2.33. The summed E-state index contributed by atoms with van der Waals surface area (Å²) in [4.78, 5) is 2.39. The van der Waals surface area contributed by atoms with Crippen LogP contribution in [0.1, 0.15) is 43.9 Å². The van der Waals surface area contributed by atoms with E-state index >= 15 is 0 Å². The van der Waals surface area contributed by atoms with Crippen molar-refractivity contribution < 1.29 is 4.42 Å². The molecule has 260 valence electrons. The molecule has 0 amide bonds. The summed E-state index contributed by atoms with van der Waals surface area (Å²) in [6, 6.07) is 59.4. The standard InChI is InChI=1S/C52H41NO/c1-51(2)46-17-9-7-14-42(46)43-29-24-38(34-48(43)51)37-22-27-40(28-23-37)53(39-25-20-36(21-26-39)35-12-5-4-6-13-35)41-30-32-52(3,33-31-41)47-18-11-16-45-44-15-8-10-19-49(44)54-50(45)47/h4-32,34H,33H2,1-3H3/t52-/m0/s1. The molecule has 8 aromatic rings. The molecule has 2 aliphatic rings. The number of allylic oxidation sites excluding steroid dienone is 3. The second-order valence-corrected chi connectivity index (χ2v) is 15.6. The van der Waals surface area contributed by atoms with E-state index in [9.17, 15) is 0 Å². The summed E-state index contributed by atoms with van der Waals surface area (Å²) in [6.07, 6.45) is 7.90. The van der Waals surface area contributed by atoms with Crippen LogP contribution in [0.25, 0.3) is 55.3 Å². The highest BCUT2D eigenvalue weighted by Gasteiger charge is 2.35. The number of rotatable bonds is 6. The lowest BCUT2D eigenvalue weighted by molar-refractivity contribution is 0.577. The molecular formula is C52H41NO. The van der Waals surface area contributed by atoms with E-state index in [0.717, 1.165) is 40.0 Å². The molecule has 2 aliphatic carbocycles. The van der Waals surface area contributed by atoms with Gasteiger partial charge >= 0.3 is 0 Å². The number of hydrogen-bond acceptors (Lipinski definition) is 2. The Morgan fingerprint density at radius 1 is 0.500 bits per heavy atom. The average molecular weight is 696 g/mol. The Morgan fingerprint density at radius 2 is 1.09 bits per heavy atom. The zero-order valence-corrected chi connectivity index (χ0v) is 30.9. The fraction of sp³-hybridized carbons (Fsp3) is 0.115. The van der Waals surface area contributed by atoms with Crippen molar-refractivity contribution in [2.75, 3.05) is 4.90 Å². The molecule has 1 atom stereocenters. The van der Waals surface area contributed by atoms with Crippen LogP contribution in [0.3, 0.4) is 0 Å². The number of benzene rings is 7. The summed E-state index contributed by atoms with van der Waals surface area (Å²) in [7, 11) is 0. The van der Waals surface area contributed by atoms with E-state index in [4.69, 9.17) is 4.42 Å². The average Bonchev–Trinajstić information content (AvgIpc) is 3.71. The Balaban J connectivity index is 1.01. The van der Waals surface area contributed by atoms with Crippen molar-refractivity contribution in [3.05, 3.63) is 204 Å². The van der Waals surface area contributed by atoms with Crippen LogP contribution in [0, 0.1) is 0 Å². The van der Waals surface area contributed by atoms with Crippen LogP contribution in [0.4, 0.5) is 11.4 Å². The van der Waals surface area contributed by atoms with Gasteiger partial charge in [-0.2, -0.15) is 0 Å². The van der Waals surface area contributed by atoms with Gasteiger partial charge in [0, 0.05) is 44.2 Å². The highest BCUT2D eigenvalue weighted by atomic mass is 16.3. The lowest BCUT2D eigenvalue weighted by Crippen LogP contribution is -2.24. The minimum absolute atomic E-state index is 0.0329. The maximum atomic E-state index is 6.50. The van der Waals surface area contributed by atoms with Crippen molar-refractivity contribution in [3.63, 3.8) is 0 Å². The predicted octanol–water partition coefficient (Wildman–Crippen LogP) is 14.2. The highest BCUT2D eigenvalue weighted by Crippen LogP contribution is 2.50. The first-order valence-corrected chi connectivity index (χ1v) is 19.0. The van der Waals surface area contributed by atoms with E-state index in [0.29, 0.717) is 0 Å². The second kappa shape index (κ2) is 12.4. The van der Waals surface area contributed by atoms with Gasteiger partial charge in [0.25, 0.3) is 0 Å². The molecule has 1 aromatic heterocycles. The van der Waals surface area contributed by atoms with Crippen molar-refractivity contribution in [2.45, 2.75) is 38.0 Å². The molecule has 0 fully saturated rings. The predicted molar refractivity (Wildman–Crippen MR) is 226 cm³/mol. The van der Waals surface area contributed by atoms with Gasteiger partial charge in [0.2, 0.25) is 0 Å². The zero-order valence-electron chi connectivity index (χ0n) is 30.9. The maximum Gasteiger partial charge on any atom is 0.139 e. The van der Waals surface area contributed by atoms with E-state index in [-0.39, 0.29) is 10.8 Å². The van der Waals surface area contributed by atoms with E-state index in [1.807, 2.05) is 6.07 Å². The number of para-hydroxylation sites is 2. The van der Waals surface area contributed by atoms with Crippen LogP contribution >= 0.6 is 0 Å². The molecule has 1 heterocycles. The van der Waals surface area contributed by atoms with Crippen molar-refractivity contribution in [2.24, 2.45) is 0 Å². The van der Waals surface area contributed by atoms with Crippen LogP contribution in [0.2, 0.25) is 0 Å². The molecule has 0 unspecified atom stereocenters. The Kier molecular flexibility index (Phi) is 7.39. The fourth-order valence-corrected chi connectivity index (χ4v) is 8.85. The molecule has 2 heteroatoms. The Labute approximate surface area is 317 Å². The van der Waals surface area contributed by atoms with Gasteiger partial charge in [-0.05, 0) is 93.4 Å². The van der Waals surface area contributed by atoms with Crippen LogP contribution < -0.4 is 4.90 Å². The molecule has 10 rings (SSSR count). The van der Waals surface area contributed by atoms with Gasteiger partial charge in [0.1, 0.15) is 11.2 Å². The quantitative estimate of drug-likeness (QED) is 0.172. The summed E-state index contributed by atoms with van der Waals surface area (Å²) in [6.45, 7) is 7.01. The van der Waals surface area contributed by atoms with Gasteiger partial charge in [-0.15, -0.1) is 0 Å². The van der Waals surface area contributed by atoms with Crippen LogP contribution in [-0.4, -0.2) is 0 Å². The summed E-state index contributed by atoms with van der Waals surface area (Å²) >= 11 is 0. The molecule has 0 saturated carbocycles. The number of nitrogens with zero attached hydrogens (tertiary/aromatic N) is 1. The minimum Gasteiger partial charge on any atom is -0.456 e. The van der Waals surface area contributed by atoms with Gasteiger partial charge in [-0.1, -0.05) is 160 Å². The first kappa shape index (κ1) is 32.3. The minimum atomic E-state index is -0.218. The van der Waals surface area contributed by atoms with Crippen molar-refractivity contribution in [3.8, 4) is 33.4 Å². The Bertz CT molecular complexity index is 2760. The molecule has 2 nitrogen and oxygen atoms in total. The maximum absolute atomic E-state index is 6.50. The van der Waals surface area contributed by atoms with E-state index in [1.54, 1.807) is 0 Å². The largest absolute Gasteiger partial charge is 0.456 e. The van der Waals surface area contributed by atoms with Gasteiger partial charge in [-0.3, -0.25) is 0 Å². The molecule has 54 heavy (non-hydrogen) atoms. The first-order valence-electron chi connectivity index (χ1n) is 19.0. The zero-order chi connectivity index (χ0) is 36.4. The van der Waals surface area contributed by atoms with Gasteiger partial charge in [0.05, 0.1) is 0 Å². The van der Waals surface area contributed by atoms with Gasteiger partial charge < -0.3 is 9.32 Å². The second-order valence-electron chi connectivity index (χ2n) is 15.6. The van der Waals surface area contributed by atoms with Crippen molar-refractivity contribution >= 4 is 33.3 Å². The van der Waals surface area contributed by atoms with Gasteiger partial charge in [0.15, 0.2) is 0 Å². The SMILES string of the molecule is CC1(C)c2ccccc2-c2ccc(-c3ccc(N(C4=CC[C@@](C)(c5cccc6c5oc5ccccc56)C=C4)c4ccc(-c5ccccc5)cc4)cc3)cc21. The van der Waals surface area contributed by atoms with Gasteiger partial charge in [-0.25, -0.2) is 0 Å². The highest BCUT2D eigenvalue weighted by molar-refractivity contribution is 6.06. The Morgan fingerprint density at radius 3 is 1.83 bits per heavy atom. The Hall–Kier alpha value is -6.38. The molecule has 0 N–H and O–H groups in total. The smallest absolute Gasteiger partial charge is 0.139 e. The lowest BCUT2D eigenvalue weighted by Gasteiger charge is -2.33. The number of anilines is 2.